The highest BCUT2D eigenvalue weighted by Crippen LogP contribution is 2.24. The molecule has 4 nitrogen and oxygen atoms in total. The van der Waals surface area contributed by atoms with Crippen LogP contribution in [0.1, 0.15) is 25.7 Å². The minimum Gasteiger partial charge on any atom is -0.481 e. The van der Waals surface area contributed by atoms with Crippen LogP contribution in [0.25, 0.3) is 0 Å². The van der Waals surface area contributed by atoms with Gasteiger partial charge in [0.1, 0.15) is 5.82 Å². The van der Waals surface area contributed by atoms with Crippen molar-refractivity contribution in [3.8, 4) is 0 Å². The average molecular weight is 325 g/mol. The van der Waals surface area contributed by atoms with E-state index in [1.807, 2.05) is 0 Å². The Balaban J connectivity index is 1.70. The van der Waals surface area contributed by atoms with Crippen molar-refractivity contribution in [1.29, 1.82) is 0 Å². The molecule has 6 heteroatoms. The fraction of sp³-hybridized carbons (Fsp3) is 0.500. The van der Waals surface area contributed by atoms with Crippen LogP contribution >= 0.6 is 11.8 Å². The number of hydrogen-bond acceptors (Lipinski definition) is 3. The summed E-state index contributed by atoms with van der Waals surface area (Å²) in [5.74, 6) is -0.234. The second-order valence-electron chi connectivity index (χ2n) is 5.45. The zero-order valence-electron chi connectivity index (χ0n) is 12.3. The molecule has 1 aromatic carbocycles. The Morgan fingerprint density at radius 1 is 1.27 bits per heavy atom. The minimum absolute atomic E-state index is 0.0672. The first-order valence-electron chi connectivity index (χ1n) is 7.43. The van der Waals surface area contributed by atoms with E-state index in [1.54, 1.807) is 23.1 Å². The minimum atomic E-state index is -0.772. The monoisotopic (exact) mass is 325 g/mol. The van der Waals surface area contributed by atoms with Gasteiger partial charge in [0.05, 0.1) is 0 Å². The van der Waals surface area contributed by atoms with Crippen molar-refractivity contribution in [3.63, 3.8) is 0 Å². The number of aliphatic carboxylic acids is 1. The topological polar surface area (TPSA) is 57.6 Å². The van der Waals surface area contributed by atoms with Gasteiger partial charge in [-0.15, -0.1) is 11.8 Å². The lowest BCUT2D eigenvalue weighted by molar-refractivity contribution is -0.138. The van der Waals surface area contributed by atoms with E-state index in [0.29, 0.717) is 30.2 Å². The van der Waals surface area contributed by atoms with Crippen molar-refractivity contribution in [2.45, 2.75) is 30.6 Å². The quantitative estimate of drug-likeness (QED) is 0.817. The molecule has 1 aromatic rings. The van der Waals surface area contributed by atoms with Gasteiger partial charge in [-0.25, -0.2) is 4.39 Å². The molecule has 1 aliphatic rings. The van der Waals surface area contributed by atoms with Crippen molar-refractivity contribution in [1.82, 2.24) is 4.90 Å². The number of carboxylic acids is 1. The molecular formula is C16H20FNO3S. The highest BCUT2D eigenvalue weighted by molar-refractivity contribution is 7.99. The smallest absolute Gasteiger partial charge is 0.303 e. The molecule has 1 fully saturated rings. The number of halogens is 1. The molecule has 1 aliphatic heterocycles. The molecule has 0 radical (unpaired) electrons. The van der Waals surface area contributed by atoms with E-state index in [4.69, 9.17) is 5.11 Å². The van der Waals surface area contributed by atoms with Crippen LogP contribution in [0.5, 0.6) is 0 Å². The molecule has 1 N–H and O–H groups in total. The zero-order chi connectivity index (χ0) is 15.9. The Bertz CT molecular complexity index is 530. The number of likely N-dealkylation sites (tertiary alicyclic amines) is 1. The molecule has 1 amide bonds. The van der Waals surface area contributed by atoms with Crippen LogP contribution < -0.4 is 0 Å². The average Bonchev–Trinajstić information content (AvgIpc) is 2.49. The van der Waals surface area contributed by atoms with Crippen LogP contribution in [0.15, 0.2) is 29.2 Å². The summed E-state index contributed by atoms with van der Waals surface area (Å²) in [6.45, 7) is 1.25. The maximum Gasteiger partial charge on any atom is 0.303 e. The summed E-state index contributed by atoms with van der Waals surface area (Å²) < 4.78 is 13.5. The predicted octanol–water partition coefficient (Wildman–Crippen LogP) is 3.02. The van der Waals surface area contributed by atoms with E-state index in [2.05, 4.69) is 0 Å². The maximum atomic E-state index is 13.5. The summed E-state index contributed by atoms with van der Waals surface area (Å²) in [4.78, 5) is 25.1. The van der Waals surface area contributed by atoms with Crippen LogP contribution in [0.3, 0.4) is 0 Å². The molecule has 0 atom stereocenters. The van der Waals surface area contributed by atoms with E-state index in [0.717, 1.165) is 12.8 Å². The standard InChI is InChI=1S/C16H20FNO3S/c17-13-3-1-2-4-14(13)22-10-7-15(19)18-8-5-12(6-9-18)11-16(20)21/h1-4,12H,5-11H2,(H,20,21). The molecule has 0 aromatic heterocycles. The second-order valence-corrected chi connectivity index (χ2v) is 6.59. The van der Waals surface area contributed by atoms with Crippen LogP contribution in [0.2, 0.25) is 0 Å². The molecule has 1 saturated heterocycles. The Kier molecular flexibility index (Phi) is 6.24. The van der Waals surface area contributed by atoms with Crippen molar-refractivity contribution in [2.24, 2.45) is 5.92 Å². The molecule has 0 bridgehead atoms. The van der Waals surface area contributed by atoms with Crippen molar-refractivity contribution in [3.05, 3.63) is 30.1 Å². The number of carbonyl (C=O) groups excluding carboxylic acids is 1. The molecule has 2 rings (SSSR count). The van der Waals surface area contributed by atoms with Gasteiger partial charge in [0.15, 0.2) is 0 Å². The summed E-state index contributed by atoms with van der Waals surface area (Å²) in [6.07, 6.45) is 2.06. The lowest BCUT2D eigenvalue weighted by Crippen LogP contribution is -2.39. The summed E-state index contributed by atoms with van der Waals surface area (Å²) in [7, 11) is 0. The van der Waals surface area contributed by atoms with Crippen molar-refractivity contribution < 1.29 is 19.1 Å². The number of hydrogen-bond donors (Lipinski definition) is 1. The number of carboxylic acid groups (broad SMARTS) is 1. The molecule has 0 aliphatic carbocycles. The van der Waals surface area contributed by atoms with Gasteiger partial charge >= 0.3 is 5.97 Å². The fourth-order valence-corrected chi connectivity index (χ4v) is 3.48. The number of nitrogens with zero attached hydrogens (tertiary/aromatic N) is 1. The normalized spacial score (nSPS) is 15.8. The SMILES string of the molecule is O=C(O)CC1CCN(C(=O)CCSc2ccccc2F)CC1. The van der Waals surface area contributed by atoms with Crippen molar-refractivity contribution >= 4 is 23.6 Å². The Morgan fingerprint density at radius 2 is 1.95 bits per heavy atom. The maximum absolute atomic E-state index is 13.5. The number of carbonyl (C=O) groups is 2. The number of amides is 1. The van der Waals surface area contributed by atoms with Gasteiger partial charge in [-0.05, 0) is 30.9 Å². The third kappa shape index (κ3) is 5.02. The molecule has 0 spiro atoms. The molecule has 120 valence electrons. The first kappa shape index (κ1) is 16.8. The van der Waals surface area contributed by atoms with Gasteiger partial charge in [-0.1, -0.05) is 12.1 Å². The van der Waals surface area contributed by atoms with Gasteiger partial charge in [0.25, 0.3) is 0 Å². The molecular weight excluding hydrogens is 305 g/mol. The van der Waals surface area contributed by atoms with E-state index in [9.17, 15) is 14.0 Å². The first-order chi connectivity index (χ1) is 10.6. The van der Waals surface area contributed by atoms with Crippen LogP contribution in [-0.2, 0) is 9.59 Å². The van der Waals surface area contributed by atoms with E-state index in [-0.39, 0.29) is 24.1 Å². The van der Waals surface area contributed by atoms with E-state index >= 15 is 0 Å². The highest BCUT2D eigenvalue weighted by Gasteiger charge is 2.23. The third-order valence-corrected chi connectivity index (χ3v) is 4.89. The second kappa shape index (κ2) is 8.17. The summed E-state index contributed by atoms with van der Waals surface area (Å²) in [6, 6.07) is 6.55. The fourth-order valence-electron chi connectivity index (χ4n) is 2.60. The molecule has 0 unspecified atom stereocenters. The lowest BCUT2D eigenvalue weighted by atomic mass is 9.93. The summed E-state index contributed by atoms with van der Waals surface area (Å²) in [5.41, 5.74) is 0. The van der Waals surface area contributed by atoms with E-state index < -0.39 is 5.97 Å². The Labute approximate surface area is 133 Å². The van der Waals surface area contributed by atoms with Gasteiger partial charge in [-0.3, -0.25) is 9.59 Å². The van der Waals surface area contributed by atoms with Crippen LogP contribution in [-0.4, -0.2) is 40.7 Å². The van der Waals surface area contributed by atoms with Crippen molar-refractivity contribution in [2.75, 3.05) is 18.8 Å². The van der Waals surface area contributed by atoms with E-state index in [1.165, 1.54) is 17.8 Å². The highest BCUT2D eigenvalue weighted by atomic mass is 32.2. The third-order valence-electron chi connectivity index (χ3n) is 3.84. The summed E-state index contributed by atoms with van der Waals surface area (Å²) in [5, 5.41) is 8.77. The number of piperidine rings is 1. The van der Waals surface area contributed by atoms with Gasteiger partial charge in [0.2, 0.25) is 5.91 Å². The number of benzene rings is 1. The molecule has 22 heavy (non-hydrogen) atoms. The Morgan fingerprint density at radius 3 is 2.59 bits per heavy atom. The van der Waals surface area contributed by atoms with Crippen LogP contribution in [0, 0.1) is 11.7 Å². The first-order valence-corrected chi connectivity index (χ1v) is 8.41. The number of rotatable bonds is 6. The Hall–Kier alpha value is -1.56. The summed E-state index contributed by atoms with van der Waals surface area (Å²) >= 11 is 1.35. The zero-order valence-corrected chi connectivity index (χ0v) is 13.2. The predicted molar refractivity (Wildman–Crippen MR) is 83.3 cm³/mol. The van der Waals surface area contributed by atoms with Crippen LogP contribution in [0.4, 0.5) is 4.39 Å². The largest absolute Gasteiger partial charge is 0.481 e. The van der Waals surface area contributed by atoms with Gasteiger partial charge < -0.3 is 10.0 Å². The number of thioether (sulfide) groups is 1. The lowest BCUT2D eigenvalue weighted by Gasteiger charge is -2.31. The molecule has 0 saturated carbocycles. The molecule has 1 heterocycles. The van der Waals surface area contributed by atoms with Gasteiger partial charge in [0, 0.05) is 36.6 Å². The van der Waals surface area contributed by atoms with Gasteiger partial charge in [-0.2, -0.15) is 0 Å².